The number of benzene rings is 1. The predicted octanol–water partition coefficient (Wildman–Crippen LogP) is 3.86. The van der Waals surface area contributed by atoms with Crippen molar-refractivity contribution in [3.63, 3.8) is 0 Å². The molecule has 0 saturated carbocycles. The molecule has 0 N–H and O–H groups in total. The average Bonchev–Trinajstić information content (AvgIpc) is 2.54. The molecular formula is C17H20FN3O2S. The second kappa shape index (κ2) is 7.61. The van der Waals surface area contributed by atoms with E-state index in [1.165, 1.54) is 16.4 Å². The molecule has 0 spiro atoms. The van der Waals surface area contributed by atoms with Crippen molar-refractivity contribution >= 4 is 24.7 Å². The van der Waals surface area contributed by atoms with E-state index in [4.69, 9.17) is 4.74 Å². The van der Waals surface area contributed by atoms with E-state index in [1.807, 2.05) is 13.8 Å². The average molecular weight is 349 g/mol. The third-order valence-corrected chi connectivity index (χ3v) is 3.54. The lowest BCUT2D eigenvalue weighted by atomic mass is 9.98. The summed E-state index contributed by atoms with van der Waals surface area (Å²) in [6, 6.07) is 5.80. The van der Waals surface area contributed by atoms with Gasteiger partial charge in [0.05, 0.1) is 18.0 Å². The minimum atomic E-state index is -0.492. The molecule has 5 nitrogen and oxygen atoms in total. The lowest BCUT2D eigenvalue weighted by Gasteiger charge is -2.18. The number of esters is 1. The second-order valence-electron chi connectivity index (χ2n) is 5.54. The highest BCUT2D eigenvalue weighted by molar-refractivity contribution is 7.81. The number of thiol groups is 1. The monoisotopic (exact) mass is 349 g/mol. The van der Waals surface area contributed by atoms with Gasteiger partial charge in [0.25, 0.3) is 0 Å². The molecule has 0 fully saturated rings. The van der Waals surface area contributed by atoms with Gasteiger partial charge < -0.3 is 4.74 Å². The maximum absolute atomic E-state index is 13.3. The molecule has 0 atom stereocenters. The highest BCUT2D eigenvalue weighted by atomic mass is 32.1. The van der Waals surface area contributed by atoms with Gasteiger partial charge in [-0.15, -0.1) is 0 Å². The van der Waals surface area contributed by atoms with E-state index in [9.17, 15) is 9.18 Å². The van der Waals surface area contributed by atoms with Crippen LogP contribution in [-0.2, 0) is 4.74 Å². The van der Waals surface area contributed by atoms with Crippen LogP contribution in [0.25, 0.3) is 11.3 Å². The summed E-state index contributed by atoms with van der Waals surface area (Å²) in [6.07, 6.45) is 0. The summed E-state index contributed by atoms with van der Waals surface area (Å²) in [6.45, 7) is 5.85. The molecule has 2 aromatic rings. The molecule has 2 rings (SSSR count). The smallest absolute Gasteiger partial charge is 0.342 e. The number of aromatic nitrogens is 2. The van der Waals surface area contributed by atoms with Gasteiger partial charge in [0.2, 0.25) is 5.95 Å². The molecule has 1 aromatic carbocycles. The summed E-state index contributed by atoms with van der Waals surface area (Å²) in [7, 11) is 1.70. The minimum absolute atomic E-state index is 0.0290. The van der Waals surface area contributed by atoms with Crippen LogP contribution >= 0.6 is 12.8 Å². The lowest BCUT2D eigenvalue weighted by molar-refractivity contribution is 0.0524. The van der Waals surface area contributed by atoms with Crippen LogP contribution in [0.5, 0.6) is 0 Å². The molecule has 0 unspecified atom stereocenters. The summed E-state index contributed by atoms with van der Waals surface area (Å²) in [5, 5.41) is 0. The van der Waals surface area contributed by atoms with E-state index in [-0.39, 0.29) is 18.3 Å². The van der Waals surface area contributed by atoms with Crippen LogP contribution in [0.3, 0.4) is 0 Å². The van der Waals surface area contributed by atoms with Crippen LogP contribution in [-0.4, -0.2) is 29.6 Å². The third kappa shape index (κ3) is 3.84. The molecule has 0 aliphatic heterocycles. The zero-order chi connectivity index (χ0) is 17.9. The first kappa shape index (κ1) is 18.2. The Morgan fingerprint density at radius 1 is 1.29 bits per heavy atom. The van der Waals surface area contributed by atoms with E-state index >= 15 is 0 Å². The van der Waals surface area contributed by atoms with E-state index in [1.54, 1.807) is 26.1 Å². The highest BCUT2D eigenvalue weighted by Crippen LogP contribution is 2.30. The molecule has 0 aliphatic rings. The van der Waals surface area contributed by atoms with Gasteiger partial charge in [-0.1, -0.05) is 26.7 Å². The third-order valence-electron chi connectivity index (χ3n) is 3.36. The Morgan fingerprint density at radius 3 is 2.42 bits per heavy atom. The van der Waals surface area contributed by atoms with Gasteiger partial charge in [0.1, 0.15) is 11.4 Å². The SMILES string of the molecule is CCOC(=O)c1c(-c2ccc(F)cc2)nc(N(C)S)nc1C(C)C. The first-order valence-corrected chi connectivity index (χ1v) is 8.02. The van der Waals surface area contributed by atoms with Crippen molar-refractivity contribution in [2.24, 2.45) is 0 Å². The molecule has 7 heteroatoms. The Balaban J connectivity index is 2.76. The fourth-order valence-electron chi connectivity index (χ4n) is 2.25. The summed E-state index contributed by atoms with van der Waals surface area (Å²) in [5.74, 6) is -0.525. The summed E-state index contributed by atoms with van der Waals surface area (Å²) < 4.78 is 19.9. The number of rotatable bonds is 5. The molecule has 0 amide bonds. The van der Waals surface area contributed by atoms with Crippen LogP contribution in [0.4, 0.5) is 10.3 Å². The van der Waals surface area contributed by atoms with Crippen molar-refractivity contribution in [2.75, 3.05) is 18.0 Å². The van der Waals surface area contributed by atoms with Crippen molar-refractivity contribution in [1.29, 1.82) is 0 Å². The zero-order valence-electron chi connectivity index (χ0n) is 14.1. The molecule has 1 aromatic heterocycles. The molecule has 0 bridgehead atoms. The largest absolute Gasteiger partial charge is 0.462 e. The summed E-state index contributed by atoms with van der Waals surface area (Å²) in [5.41, 5.74) is 1.89. The van der Waals surface area contributed by atoms with E-state index in [2.05, 4.69) is 22.8 Å². The van der Waals surface area contributed by atoms with E-state index < -0.39 is 5.97 Å². The Kier molecular flexibility index (Phi) is 5.77. The van der Waals surface area contributed by atoms with E-state index in [0.29, 0.717) is 28.5 Å². The van der Waals surface area contributed by atoms with Crippen molar-refractivity contribution in [1.82, 2.24) is 9.97 Å². The standard InChI is InChI=1S/C17H20FN3O2S/c1-5-23-16(22)13-14(10(2)3)19-17(21(4)24)20-15(13)11-6-8-12(18)9-7-11/h6-10,24H,5H2,1-4H3. The number of halogens is 1. The quantitative estimate of drug-likeness (QED) is 0.656. The molecule has 24 heavy (non-hydrogen) atoms. The van der Waals surface area contributed by atoms with Gasteiger partial charge >= 0.3 is 5.97 Å². The topological polar surface area (TPSA) is 55.3 Å². The first-order valence-electron chi connectivity index (χ1n) is 7.62. The fourth-order valence-corrected chi connectivity index (χ4v) is 2.34. The molecule has 0 aliphatic carbocycles. The van der Waals surface area contributed by atoms with Crippen LogP contribution in [0.15, 0.2) is 24.3 Å². The Morgan fingerprint density at radius 2 is 1.92 bits per heavy atom. The van der Waals surface area contributed by atoms with Gasteiger partial charge in [-0.3, -0.25) is 4.31 Å². The van der Waals surface area contributed by atoms with Crippen molar-refractivity contribution in [3.05, 3.63) is 41.3 Å². The number of hydrogen-bond acceptors (Lipinski definition) is 6. The maximum atomic E-state index is 13.3. The predicted molar refractivity (Wildman–Crippen MR) is 94.9 cm³/mol. The fraction of sp³-hybridized carbons (Fsp3) is 0.353. The van der Waals surface area contributed by atoms with Gasteiger partial charge in [-0.2, -0.15) is 0 Å². The lowest BCUT2D eigenvalue weighted by Crippen LogP contribution is -2.17. The number of nitrogens with zero attached hydrogens (tertiary/aromatic N) is 3. The van der Waals surface area contributed by atoms with Crippen LogP contribution < -0.4 is 4.31 Å². The second-order valence-corrected chi connectivity index (χ2v) is 6.14. The molecule has 0 radical (unpaired) electrons. The molecule has 1 heterocycles. The normalized spacial score (nSPS) is 10.8. The highest BCUT2D eigenvalue weighted by Gasteiger charge is 2.25. The number of carbonyl (C=O) groups is 1. The molecular weight excluding hydrogens is 329 g/mol. The summed E-state index contributed by atoms with van der Waals surface area (Å²) >= 11 is 4.24. The van der Waals surface area contributed by atoms with Crippen molar-refractivity contribution < 1.29 is 13.9 Å². The van der Waals surface area contributed by atoms with Crippen LogP contribution in [0, 0.1) is 5.82 Å². The van der Waals surface area contributed by atoms with Gasteiger partial charge in [-0.05, 0) is 37.1 Å². The first-order chi connectivity index (χ1) is 11.3. The van der Waals surface area contributed by atoms with Crippen molar-refractivity contribution in [2.45, 2.75) is 26.7 Å². The summed E-state index contributed by atoms with van der Waals surface area (Å²) in [4.78, 5) is 21.4. The van der Waals surface area contributed by atoms with Gasteiger partial charge in [-0.25, -0.2) is 19.2 Å². The Hall–Kier alpha value is -2.15. The van der Waals surface area contributed by atoms with Crippen molar-refractivity contribution in [3.8, 4) is 11.3 Å². The Bertz CT molecular complexity index is 733. The number of hydrogen-bond donors (Lipinski definition) is 1. The van der Waals surface area contributed by atoms with Gasteiger partial charge in [0, 0.05) is 12.6 Å². The van der Waals surface area contributed by atoms with Crippen LogP contribution in [0.1, 0.15) is 42.7 Å². The van der Waals surface area contributed by atoms with Gasteiger partial charge in [0.15, 0.2) is 0 Å². The van der Waals surface area contributed by atoms with E-state index in [0.717, 1.165) is 0 Å². The zero-order valence-corrected chi connectivity index (χ0v) is 15.0. The maximum Gasteiger partial charge on any atom is 0.342 e. The number of carbonyl (C=O) groups excluding carboxylic acids is 1. The molecule has 0 saturated heterocycles. The Labute approximate surface area is 146 Å². The molecule has 128 valence electrons. The number of anilines is 1. The minimum Gasteiger partial charge on any atom is -0.462 e. The number of ether oxygens (including phenoxy) is 1. The van der Waals surface area contributed by atoms with Crippen LogP contribution in [0.2, 0.25) is 0 Å².